The summed E-state index contributed by atoms with van der Waals surface area (Å²) in [5, 5.41) is 5.32. The third-order valence-corrected chi connectivity index (χ3v) is 3.20. The molecular formula is C5H12N2O2S2. The fourth-order valence-electron chi connectivity index (χ4n) is 0.370. The minimum atomic E-state index is 0.403. The van der Waals surface area contributed by atoms with E-state index in [0.717, 1.165) is 18.1 Å². The smallest absolute Gasteiger partial charge is 0.155 e. The van der Waals surface area contributed by atoms with Gasteiger partial charge in [0, 0.05) is 18.1 Å². The Morgan fingerprint density at radius 2 is 2.18 bits per heavy atom. The molecule has 0 heterocycles. The van der Waals surface area contributed by atoms with E-state index in [2.05, 4.69) is 15.5 Å². The monoisotopic (exact) mass is 196 g/mol. The molecule has 0 aromatic heterocycles. The minimum absolute atomic E-state index is 0.403. The maximum absolute atomic E-state index is 9.44. The summed E-state index contributed by atoms with van der Waals surface area (Å²) in [6, 6.07) is 0. The first-order valence-corrected chi connectivity index (χ1v) is 5.74. The summed E-state index contributed by atoms with van der Waals surface area (Å²) in [6.07, 6.45) is 0. The van der Waals surface area contributed by atoms with E-state index in [-0.39, 0.29) is 0 Å². The molecule has 0 unspecified atom stereocenters. The predicted molar refractivity (Wildman–Crippen MR) is 50.6 cm³/mol. The van der Waals surface area contributed by atoms with Gasteiger partial charge in [-0.15, -0.1) is 4.91 Å². The van der Waals surface area contributed by atoms with Gasteiger partial charge in [0.15, 0.2) is 5.34 Å². The fourth-order valence-corrected chi connectivity index (χ4v) is 2.20. The van der Waals surface area contributed by atoms with Crippen LogP contribution in [0.5, 0.6) is 0 Å². The quantitative estimate of drug-likeness (QED) is 0.274. The van der Waals surface area contributed by atoms with Gasteiger partial charge >= 0.3 is 0 Å². The third kappa shape index (κ3) is 10.1. The molecule has 0 rings (SSSR count). The molecule has 0 aromatic rings. The summed E-state index contributed by atoms with van der Waals surface area (Å²) in [5.74, 6) is 1.87. The molecule has 0 aliphatic heterocycles. The number of hydrogen-bond acceptors (Lipinski definition) is 6. The highest BCUT2D eigenvalue weighted by atomic mass is 33.1. The summed E-state index contributed by atoms with van der Waals surface area (Å²) < 4.78 is 0. The van der Waals surface area contributed by atoms with Gasteiger partial charge < -0.3 is 10.2 Å². The Bertz CT molecular complexity index is 94.6. The first-order valence-electron chi connectivity index (χ1n) is 3.25. The highest BCUT2D eigenvalue weighted by Gasteiger charge is 1.89. The molecule has 0 atom stereocenters. The molecule has 0 saturated carbocycles. The number of rotatable bonds is 8. The normalized spacial score (nSPS) is 9.55. The van der Waals surface area contributed by atoms with Gasteiger partial charge in [-0.25, -0.2) is 0 Å². The van der Waals surface area contributed by atoms with Gasteiger partial charge in [0.05, 0.1) is 0 Å². The van der Waals surface area contributed by atoms with Crippen LogP contribution in [-0.2, 0) is 4.84 Å². The Hall–Kier alpha value is 0.0600. The molecule has 66 valence electrons. The van der Waals surface area contributed by atoms with Gasteiger partial charge in [-0.1, -0.05) is 21.6 Å². The van der Waals surface area contributed by atoms with Gasteiger partial charge in [0.2, 0.25) is 0 Å². The molecule has 0 radical (unpaired) electrons. The molecule has 0 amide bonds. The van der Waals surface area contributed by atoms with Crippen LogP contribution in [-0.4, -0.2) is 31.7 Å². The molecule has 0 aliphatic rings. The molecule has 0 aliphatic carbocycles. The molecule has 0 aromatic carbocycles. The summed E-state index contributed by atoms with van der Waals surface area (Å²) in [4.78, 5) is 13.7. The summed E-state index contributed by atoms with van der Waals surface area (Å²) >= 11 is 0. The number of nitrogens with one attached hydrogen (secondary N) is 1. The van der Waals surface area contributed by atoms with Crippen molar-refractivity contribution in [2.75, 3.05) is 31.7 Å². The maximum Gasteiger partial charge on any atom is 0.155 e. The highest BCUT2D eigenvalue weighted by Crippen LogP contribution is 2.19. The standard InChI is InChI=1S/C5H12N2O2S2/c1-6-2-4-10-11-5-3-9-7-8/h6H,2-5H2,1H3. The van der Waals surface area contributed by atoms with Crippen molar-refractivity contribution in [1.29, 1.82) is 0 Å². The SMILES string of the molecule is CNCCSSCCON=O. The first kappa shape index (κ1) is 11.1. The van der Waals surface area contributed by atoms with E-state index >= 15 is 0 Å². The minimum Gasteiger partial charge on any atom is -0.363 e. The lowest BCUT2D eigenvalue weighted by atomic mass is 10.8. The third-order valence-electron chi connectivity index (χ3n) is 0.829. The lowest BCUT2D eigenvalue weighted by molar-refractivity contribution is 0.156. The Morgan fingerprint density at radius 3 is 2.82 bits per heavy atom. The van der Waals surface area contributed by atoms with E-state index in [1.54, 1.807) is 21.6 Å². The topological polar surface area (TPSA) is 50.7 Å². The summed E-state index contributed by atoms with van der Waals surface area (Å²) in [5.41, 5.74) is 0. The Labute approximate surface area is 74.2 Å². The molecule has 0 saturated heterocycles. The summed E-state index contributed by atoms with van der Waals surface area (Å²) in [7, 11) is 5.37. The van der Waals surface area contributed by atoms with Crippen molar-refractivity contribution in [3.63, 3.8) is 0 Å². The molecule has 0 fully saturated rings. The van der Waals surface area contributed by atoms with Gasteiger partial charge in [-0.2, -0.15) is 0 Å². The van der Waals surface area contributed by atoms with E-state index in [1.165, 1.54) is 0 Å². The molecular weight excluding hydrogens is 184 g/mol. The van der Waals surface area contributed by atoms with E-state index < -0.39 is 0 Å². The molecule has 6 heteroatoms. The van der Waals surface area contributed by atoms with Crippen LogP contribution in [0.15, 0.2) is 5.34 Å². The van der Waals surface area contributed by atoms with Crippen LogP contribution < -0.4 is 5.32 Å². The Kier molecular flexibility index (Phi) is 10.1. The highest BCUT2D eigenvalue weighted by molar-refractivity contribution is 8.76. The second-order valence-electron chi connectivity index (χ2n) is 1.66. The van der Waals surface area contributed by atoms with Gasteiger partial charge in [-0.05, 0) is 7.05 Å². The van der Waals surface area contributed by atoms with Gasteiger partial charge in [-0.3, -0.25) is 0 Å². The second kappa shape index (κ2) is 10.1. The van der Waals surface area contributed by atoms with Crippen molar-refractivity contribution >= 4 is 21.6 Å². The van der Waals surface area contributed by atoms with Crippen molar-refractivity contribution in [2.24, 2.45) is 5.34 Å². The second-order valence-corrected chi connectivity index (χ2v) is 4.36. The van der Waals surface area contributed by atoms with Crippen LogP contribution in [0.1, 0.15) is 0 Å². The molecule has 4 nitrogen and oxygen atoms in total. The lowest BCUT2D eigenvalue weighted by Gasteiger charge is -1.98. The number of nitrogens with zero attached hydrogens (tertiary/aromatic N) is 1. The largest absolute Gasteiger partial charge is 0.363 e. The summed E-state index contributed by atoms with van der Waals surface area (Å²) in [6.45, 7) is 1.41. The zero-order valence-electron chi connectivity index (χ0n) is 6.41. The lowest BCUT2D eigenvalue weighted by Crippen LogP contribution is -2.09. The Morgan fingerprint density at radius 1 is 1.45 bits per heavy atom. The van der Waals surface area contributed by atoms with Crippen molar-refractivity contribution in [1.82, 2.24) is 5.32 Å². The van der Waals surface area contributed by atoms with Crippen LogP contribution in [0.25, 0.3) is 0 Å². The average Bonchev–Trinajstić information content (AvgIpc) is 2.03. The van der Waals surface area contributed by atoms with Gasteiger partial charge in [0.25, 0.3) is 0 Å². The molecule has 11 heavy (non-hydrogen) atoms. The van der Waals surface area contributed by atoms with Crippen molar-refractivity contribution in [3.8, 4) is 0 Å². The van der Waals surface area contributed by atoms with Crippen LogP contribution in [0.3, 0.4) is 0 Å². The van der Waals surface area contributed by atoms with E-state index in [4.69, 9.17) is 0 Å². The maximum atomic E-state index is 9.44. The van der Waals surface area contributed by atoms with Crippen molar-refractivity contribution in [3.05, 3.63) is 4.91 Å². The van der Waals surface area contributed by atoms with Crippen LogP contribution in [0.4, 0.5) is 0 Å². The van der Waals surface area contributed by atoms with Crippen LogP contribution in [0.2, 0.25) is 0 Å². The molecule has 1 N–H and O–H groups in total. The Balaban J connectivity index is 2.74. The average molecular weight is 196 g/mol. The van der Waals surface area contributed by atoms with E-state index in [0.29, 0.717) is 6.61 Å². The van der Waals surface area contributed by atoms with Crippen LogP contribution in [0, 0.1) is 4.91 Å². The van der Waals surface area contributed by atoms with Crippen LogP contribution >= 0.6 is 21.6 Å². The fraction of sp³-hybridized carbons (Fsp3) is 1.00. The molecule has 0 spiro atoms. The molecule has 0 bridgehead atoms. The first-order chi connectivity index (χ1) is 5.41. The van der Waals surface area contributed by atoms with Crippen molar-refractivity contribution < 1.29 is 4.84 Å². The zero-order valence-corrected chi connectivity index (χ0v) is 8.04. The van der Waals surface area contributed by atoms with E-state index in [1.807, 2.05) is 7.05 Å². The zero-order chi connectivity index (χ0) is 8.36. The predicted octanol–water partition coefficient (Wildman–Crippen LogP) is 1.29. The van der Waals surface area contributed by atoms with E-state index in [9.17, 15) is 4.91 Å². The van der Waals surface area contributed by atoms with Gasteiger partial charge in [0.1, 0.15) is 6.61 Å². The number of hydrogen-bond donors (Lipinski definition) is 1. The van der Waals surface area contributed by atoms with Crippen molar-refractivity contribution in [2.45, 2.75) is 0 Å².